The minimum absolute atomic E-state index is 0.181. The van der Waals surface area contributed by atoms with E-state index in [0.29, 0.717) is 11.5 Å². The van der Waals surface area contributed by atoms with Gasteiger partial charge in [0.1, 0.15) is 5.82 Å². The molecule has 1 heterocycles. The third kappa shape index (κ3) is 4.66. The molecule has 1 amide bonds. The quantitative estimate of drug-likeness (QED) is 0.661. The fourth-order valence-corrected chi connectivity index (χ4v) is 2.63. The van der Waals surface area contributed by atoms with Gasteiger partial charge in [0.15, 0.2) is 5.69 Å². The molecule has 5 heteroatoms. The standard InChI is InChI=1S/C21H22N4O/c1-25(18-12-6-3-7-13-18)21(26)19-14-15-20(24-23-19)22-16-8-11-17-9-4-2-5-10-17/h2-7,9-10,12-15H,8,11,16H2,1H3,(H,22,24). The van der Waals surface area contributed by atoms with Crippen molar-refractivity contribution in [2.24, 2.45) is 0 Å². The van der Waals surface area contributed by atoms with E-state index in [1.807, 2.05) is 36.4 Å². The summed E-state index contributed by atoms with van der Waals surface area (Å²) in [5.41, 5.74) is 2.47. The fourth-order valence-electron chi connectivity index (χ4n) is 2.63. The lowest BCUT2D eigenvalue weighted by atomic mass is 10.1. The number of amides is 1. The Kier molecular flexibility index (Phi) is 5.93. The number of hydrogen-bond donors (Lipinski definition) is 1. The van der Waals surface area contributed by atoms with Crippen LogP contribution in [-0.2, 0) is 6.42 Å². The number of anilines is 2. The van der Waals surface area contributed by atoms with Gasteiger partial charge in [-0.05, 0) is 42.7 Å². The van der Waals surface area contributed by atoms with Crippen molar-refractivity contribution in [2.45, 2.75) is 12.8 Å². The second kappa shape index (κ2) is 8.76. The molecule has 0 saturated heterocycles. The van der Waals surface area contributed by atoms with Gasteiger partial charge >= 0.3 is 0 Å². The molecule has 2 aromatic carbocycles. The Morgan fingerprint density at radius 3 is 2.27 bits per heavy atom. The molecule has 3 rings (SSSR count). The van der Waals surface area contributed by atoms with Gasteiger partial charge in [-0.3, -0.25) is 4.79 Å². The zero-order valence-electron chi connectivity index (χ0n) is 14.8. The number of aromatic nitrogens is 2. The van der Waals surface area contributed by atoms with Gasteiger partial charge in [-0.25, -0.2) is 0 Å². The monoisotopic (exact) mass is 346 g/mol. The van der Waals surface area contributed by atoms with Gasteiger partial charge < -0.3 is 10.2 Å². The van der Waals surface area contributed by atoms with Crippen LogP contribution in [0.5, 0.6) is 0 Å². The molecule has 0 aliphatic heterocycles. The summed E-state index contributed by atoms with van der Waals surface area (Å²) in [7, 11) is 1.73. The van der Waals surface area contributed by atoms with Gasteiger partial charge in [0.25, 0.3) is 5.91 Å². The fraction of sp³-hybridized carbons (Fsp3) is 0.190. The van der Waals surface area contributed by atoms with Gasteiger partial charge in [-0.2, -0.15) is 0 Å². The summed E-state index contributed by atoms with van der Waals surface area (Å²) in [6, 6.07) is 23.4. The lowest BCUT2D eigenvalue weighted by molar-refractivity contribution is 0.0987. The van der Waals surface area contributed by atoms with Crippen LogP contribution in [0, 0.1) is 0 Å². The van der Waals surface area contributed by atoms with E-state index in [-0.39, 0.29) is 5.91 Å². The van der Waals surface area contributed by atoms with Crippen molar-refractivity contribution in [2.75, 3.05) is 23.8 Å². The average Bonchev–Trinajstić information content (AvgIpc) is 2.72. The number of carbonyl (C=O) groups excluding carboxylic acids is 1. The molecule has 0 atom stereocenters. The second-order valence-electron chi connectivity index (χ2n) is 6.02. The number of nitrogens with zero attached hydrogens (tertiary/aromatic N) is 3. The molecule has 0 aliphatic rings. The van der Waals surface area contributed by atoms with Crippen LogP contribution in [0.1, 0.15) is 22.5 Å². The maximum Gasteiger partial charge on any atom is 0.278 e. The van der Waals surface area contributed by atoms with Gasteiger partial charge in [-0.15, -0.1) is 10.2 Å². The summed E-state index contributed by atoms with van der Waals surface area (Å²) >= 11 is 0. The van der Waals surface area contributed by atoms with Crippen molar-refractivity contribution in [3.8, 4) is 0 Å². The summed E-state index contributed by atoms with van der Waals surface area (Å²) in [5, 5.41) is 11.4. The van der Waals surface area contributed by atoms with Crippen LogP contribution >= 0.6 is 0 Å². The molecule has 3 aromatic rings. The van der Waals surface area contributed by atoms with E-state index in [0.717, 1.165) is 25.1 Å². The summed E-state index contributed by atoms with van der Waals surface area (Å²) in [4.78, 5) is 14.0. The molecule has 26 heavy (non-hydrogen) atoms. The van der Waals surface area contributed by atoms with Crippen LogP contribution in [0.25, 0.3) is 0 Å². The molecule has 1 aromatic heterocycles. The molecule has 1 N–H and O–H groups in total. The van der Waals surface area contributed by atoms with E-state index in [1.165, 1.54) is 5.56 Å². The maximum absolute atomic E-state index is 12.5. The van der Waals surface area contributed by atoms with Crippen molar-refractivity contribution in [1.82, 2.24) is 10.2 Å². The van der Waals surface area contributed by atoms with Gasteiger partial charge in [0, 0.05) is 19.3 Å². The first-order valence-corrected chi connectivity index (χ1v) is 8.68. The summed E-state index contributed by atoms with van der Waals surface area (Å²) in [6.07, 6.45) is 2.02. The van der Waals surface area contributed by atoms with Crippen molar-refractivity contribution >= 4 is 17.4 Å². The Labute approximate surface area is 153 Å². The topological polar surface area (TPSA) is 58.1 Å². The molecular weight excluding hydrogens is 324 g/mol. The molecule has 5 nitrogen and oxygen atoms in total. The maximum atomic E-state index is 12.5. The molecular formula is C21H22N4O. The van der Waals surface area contributed by atoms with Crippen LogP contribution in [0.4, 0.5) is 11.5 Å². The molecule has 0 saturated carbocycles. The Hall–Kier alpha value is -3.21. The molecule has 0 unspecified atom stereocenters. The normalized spacial score (nSPS) is 10.3. The number of hydrogen-bond acceptors (Lipinski definition) is 4. The summed E-state index contributed by atoms with van der Waals surface area (Å²) < 4.78 is 0. The van der Waals surface area contributed by atoms with Gasteiger partial charge in [-0.1, -0.05) is 48.5 Å². The number of rotatable bonds is 7. The molecule has 0 fully saturated rings. The third-order valence-electron chi connectivity index (χ3n) is 4.12. The smallest absolute Gasteiger partial charge is 0.278 e. The zero-order chi connectivity index (χ0) is 18.2. The van der Waals surface area contributed by atoms with Crippen molar-refractivity contribution in [3.63, 3.8) is 0 Å². The summed E-state index contributed by atoms with van der Waals surface area (Å²) in [6.45, 7) is 0.806. The molecule has 0 aliphatic carbocycles. The first-order valence-electron chi connectivity index (χ1n) is 8.68. The number of carbonyl (C=O) groups is 1. The van der Waals surface area contributed by atoms with Crippen molar-refractivity contribution in [3.05, 3.63) is 84.1 Å². The molecule has 0 radical (unpaired) electrons. The highest BCUT2D eigenvalue weighted by Crippen LogP contribution is 2.14. The number of aryl methyl sites for hydroxylation is 1. The first kappa shape index (κ1) is 17.6. The summed E-state index contributed by atoms with van der Waals surface area (Å²) in [5.74, 6) is 0.497. The van der Waals surface area contributed by atoms with Crippen LogP contribution in [0.3, 0.4) is 0 Å². The average molecular weight is 346 g/mol. The Morgan fingerprint density at radius 1 is 0.923 bits per heavy atom. The van der Waals surface area contributed by atoms with Crippen LogP contribution in [-0.4, -0.2) is 29.7 Å². The van der Waals surface area contributed by atoms with E-state index >= 15 is 0 Å². The Balaban J connectivity index is 1.51. The van der Waals surface area contributed by atoms with E-state index < -0.39 is 0 Å². The highest BCUT2D eigenvalue weighted by molar-refractivity contribution is 6.04. The van der Waals surface area contributed by atoms with Crippen LogP contribution in [0.15, 0.2) is 72.8 Å². The van der Waals surface area contributed by atoms with E-state index in [1.54, 1.807) is 24.1 Å². The van der Waals surface area contributed by atoms with E-state index in [9.17, 15) is 4.79 Å². The minimum atomic E-state index is -0.181. The van der Waals surface area contributed by atoms with Crippen molar-refractivity contribution < 1.29 is 4.79 Å². The molecule has 0 bridgehead atoms. The van der Waals surface area contributed by atoms with Crippen LogP contribution in [0.2, 0.25) is 0 Å². The number of nitrogens with one attached hydrogen (secondary N) is 1. The van der Waals surface area contributed by atoms with E-state index in [4.69, 9.17) is 0 Å². The largest absolute Gasteiger partial charge is 0.369 e. The SMILES string of the molecule is CN(C(=O)c1ccc(NCCCc2ccccc2)nn1)c1ccccc1. The highest BCUT2D eigenvalue weighted by atomic mass is 16.2. The van der Waals surface area contributed by atoms with Crippen molar-refractivity contribution in [1.29, 1.82) is 0 Å². The van der Waals surface area contributed by atoms with Gasteiger partial charge in [0.05, 0.1) is 0 Å². The van der Waals surface area contributed by atoms with E-state index in [2.05, 4.69) is 39.8 Å². The first-order chi connectivity index (χ1) is 12.7. The number of para-hydroxylation sites is 1. The highest BCUT2D eigenvalue weighted by Gasteiger charge is 2.15. The predicted molar refractivity (Wildman–Crippen MR) is 104 cm³/mol. The lowest BCUT2D eigenvalue weighted by Gasteiger charge is -2.16. The second-order valence-corrected chi connectivity index (χ2v) is 6.02. The third-order valence-corrected chi connectivity index (χ3v) is 4.12. The van der Waals surface area contributed by atoms with Crippen LogP contribution < -0.4 is 10.2 Å². The number of benzene rings is 2. The Bertz CT molecular complexity index is 820. The molecule has 132 valence electrons. The molecule has 0 spiro atoms. The zero-order valence-corrected chi connectivity index (χ0v) is 14.8. The lowest BCUT2D eigenvalue weighted by Crippen LogP contribution is -2.27. The minimum Gasteiger partial charge on any atom is -0.369 e. The Morgan fingerprint density at radius 2 is 1.62 bits per heavy atom. The predicted octanol–water partition coefficient (Wildman–Crippen LogP) is 3.80. The van der Waals surface area contributed by atoms with Gasteiger partial charge in [0.2, 0.25) is 0 Å².